The van der Waals surface area contributed by atoms with E-state index in [1.807, 2.05) is 19.1 Å². The van der Waals surface area contributed by atoms with Crippen LogP contribution in [0.4, 0.5) is 10.5 Å². The number of aryl methyl sites for hydroxylation is 1. The van der Waals surface area contributed by atoms with Crippen molar-refractivity contribution in [1.82, 2.24) is 5.32 Å². The molecule has 2 amide bonds. The van der Waals surface area contributed by atoms with Crippen molar-refractivity contribution in [2.24, 2.45) is 0 Å². The summed E-state index contributed by atoms with van der Waals surface area (Å²) < 4.78 is 6.21. The van der Waals surface area contributed by atoms with E-state index in [1.54, 1.807) is 7.11 Å². The van der Waals surface area contributed by atoms with E-state index in [2.05, 4.69) is 33.5 Å². The average molecular weight is 329 g/mol. The summed E-state index contributed by atoms with van der Waals surface area (Å²) in [5.41, 5.74) is 1.66. The van der Waals surface area contributed by atoms with Crippen molar-refractivity contribution in [3.8, 4) is 5.75 Å². The van der Waals surface area contributed by atoms with E-state index in [0.29, 0.717) is 18.0 Å². The monoisotopic (exact) mass is 328 g/mol. The number of ether oxygens (including phenoxy) is 1. The molecular formula is C14H21BrN2O2. The third kappa shape index (κ3) is 5.11. The lowest BCUT2D eigenvalue weighted by Gasteiger charge is -2.14. The van der Waals surface area contributed by atoms with Gasteiger partial charge in [0, 0.05) is 11.0 Å². The van der Waals surface area contributed by atoms with Crippen LogP contribution >= 0.6 is 15.9 Å². The number of amides is 2. The van der Waals surface area contributed by atoms with Crippen LogP contribution in [0.1, 0.15) is 31.7 Å². The highest BCUT2D eigenvalue weighted by atomic mass is 79.9. The molecule has 0 heterocycles. The number of halogens is 1. The molecule has 1 aromatic carbocycles. The quantitative estimate of drug-likeness (QED) is 0.773. The summed E-state index contributed by atoms with van der Waals surface area (Å²) in [7, 11) is 1.59. The Morgan fingerprint density at radius 3 is 2.74 bits per heavy atom. The zero-order valence-corrected chi connectivity index (χ0v) is 13.3. The van der Waals surface area contributed by atoms with Crippen molar-refractivity contribution in [2.75, 3.05) is 19.0 Å². The van der Waals surface area contributed by atoms with Gasteiger partial charge in [-0.1, -0.05) is 35.7 Å². The molecule has 0 unspecified atom stereocenters. The Balaban J connectivity index is 2.63. The molecule has 19 heavy (non-hydrogen) atoms. The Kier molecular flexibility index (Phi) is 6.70. The molecule has 1 rings (SSSR count). The van der Waals surface area contributed by atoms with Crippen LogP contribution in [0.2, 0.25) is 0 Å². The van der Waals surface area contributed by atoms with Gasteiger partial charge in [-0.3, -0.25) is 0 Å². The summed E-state index contributed by atoms with van der Waals surface area (Å²) in [6.45, 7) is 4.76. The van der Waals surface area contributed by atoms with Gasteiger partial charge in [0.15, 0.2) is 0 Å². The van der Waals surface area contributed by atoms with E-state index < -0.39 is 0 Å². The third-order valence-corrected chi connectivity index (χ3v) is 3.25. The second kappa shape index (κ2) is 8.04. The minimum atomic E-state index is -0.195. The summed E-state index contributed by atoms with van der Waals surface area (Å²) in [6.07, 6.45) is 3.27. The molecule has 0 bridgehead atoms. The highest BCUT2D eigenvalue weighted by molar-refractivity contribution is 9.10. The lowest BCUT2D eigenvalue weighted by Crippen LogP contribution is -2.30. The predicted molar refractivity (Wildman–Crippen MR) is 82.0 cm³/mol. The van der Waals surface area contributed by atoms with E-state index in [4.69, 9.17) is 4.74 Å². The fraction of sp³-hybridized carbons (Fsp3) is 0.500. The number of hydrogen-bond acceptors (Lipinski definition) is 2. The molecular weight excluding hydrogens is 308 g/mol. The van der Waals surface area contributed by atoms with Gasteiger partial charge in [-0.15, -0.1) is 0 Å². The maximum Gasteiger partial charge on any atom is 0.319 e. The molecule has 5 heteroatoms. The number of rotatable bonds is 6. The maximum atomic E-state index is 11.8. The molecule has 1 aromatic rings. The number of unbranched alkanes of at least 4 members (excludes halogenated alkanes) is 2. The van der Waals surface area contributed by atoms with Gasteiger partial charge in [0.25, 0.3) is 0 Å². The fourth-order valence-corrected chi connectivity index (χ4v) is 2.32. The van der Waals surface area contributed by atoms with Crippen LogP contribution in [-0.2, 0) is 0 Å². The van der Waals surface area contributed by atoms with E-state index in [0.717, 1.165) is 29.3 Å². The third-order valence-electron chi connectivity index (χ3n) is 2.79. The van der Waals surface area contributed by atoms with E-state index >= 15 is 0 Å². The van der Waals surface area contributed by atoms with Crippen molar-refractivity contribution in [2.45, 2.75) is 33.1 Å². The summed E-state index contributed by atoms with van der Waals surface area (Å²) in [6, 6.07) is 3.58. The van der Waals surface area contributed by atoms with Crippen molar-refractivity contribution in [3.05, 3.63) is 22.2 Å². The van der Waals surface area contributed by atoms with Gasteiger partial charge in [0.1, 0.15) is 5.75 Å². The second-order valence-electron chi connectivity index (χ2n) is 4.39. The van der Waals surface area contributed by atoms with Gasteiger partial charge in [-0.05, 0) is 31.0 Å². The lowest BCUT2D eigenvalue weighted by molar-refractivity contribution is 0.251. The number of nitrogens with one attached hydrogen (secondary N) is 2. The van der Waals surface area contributed by atoms with Crippen LogP contribution in [0, 0.1) is 6.92 Å². The predicted octanol–water partition coefficient (Wildman–Crippen LogP) is 4.08. The molecule has 0 spiro atoms. The summed E-state index contributed by atoms with van der Waals surface area (Å²) in [5.74, 6) is 0.649. The molecule has 0 aliphatic heterocycles. The number of carbonyl (C=O) groups excluding carboxylic acids is 1. The van der Waals surface area contributed by atoms with E-state index in [1.165, 1.54) is 0 Å². The summed E-state index contributed by atoms with van der Waals surface area (Å²) in [5, 5.41) is 5.68. The lowest BCUT2D eigenvalue weighted by atomic mass is 10.2. The largest absolute Gasteiger partial charge is 0.495 e. The number of methoxy groups -OCH3 is 1. The van der Waals surface area contributed by atoms with Crippen LogP contribution in [0.15, 0.2) is 16.6 Å². The van der Waals surface area contributed by atoms with Gasteiger partial charge in [0.05, 0.1) is 12.8 Å². The van der Waals surface area contributed by atoms with Gasteiger partial charge in [0.2, 0.25) is 0 Å². The van der Waals surface area contributed by atoms with Gasteiger partial charge < -0.3 is 15.4 Å². The fourth-order valence-electron chi connectivity index (χ4n) is 1.77. The van der Waals surface area contributed by atoms with Crippen LogP contribution < -0.4 is 15.4 Å². The molecule has 0 saturated carbocycles. The SMILES string of the molecule is CCCCCNC(=O)Nc1c(C)cc(Br)cc1OC. The van der Waals surface area contributed by atoms with E-state index in [-0.39, 0.29) is 6.03 Å². The highest BCUT2D eigenvalue weighted by Gasteiger charge is 2.11. The molecule has 0 radical (unpaired) electrons. The Morgan fingerprint density at radius 1 is 1.37 bits per heavy atom. The molecule has 0 aromatic heterocycles. The molecule has 0 atom stereocenters. The number of urea groups is 1. The minimum Gasteiger partial charge on any atom is -0.495 e. The first-order valence-electron chi connectivity index (χ1n) is 6.47. The Morgan fingerprint density at radius 2 is 2.11 bits per heavy atom. The number of anilines is 1. The highest BCUT2D eigenvalue weighted by Crippen LogP contribution is 2.31. The summed E-state index contributed by atoms with van der Waals surface area (Å²) >= 11 is 3.41. The first kappa shape index (κ1) is 15.8. The van der Waals surface area contributed by atoms with Crippen LogP contribution in [0.3, 0.4) is 0 Å². The molecule has 0 aliphatic carbocycles. The van der Waals surface area contributed by atoms with Crippen LogP contribution in [0.25, 0.3) is 0 Å². The molecule has 0 saturated heterocycles. The average Bonchev–Trinajstić information content (AvgIpc) is 2.37. The first-order valence-corrected chi connectivity index (χ1v) is 7.26. The van der Waals surface area contributed by atoms with Crippen molar-refractivity contribution in [1.29, 1.82) is 0 Å². The standard InChI is InChI=1S/C14H21BrN2O2/c1-4-5-6-7-16-14(18)17-13-10(2)8-11(15)9-12(13)19-3/h8-9H,4-7H2,1-3H3,(H2,16,17,18). The van der Waals surface area contributed by atoms with Gasteiger partial charge in [-0.25, -0.2) is 4.79 Å². The minimum absolute atomic E-state index is 0.195. The number of hydrogen-bond donors (Lipinski definition) is 2. The molecule has 106 valence electrons. The number of carbonyl (C=O) groups is 1. The van der Waals surface area contributed by atoms with Gasteiger partial charge >= 0.3 is 6.03 Å². The number of benzene rings is 1. The molecule has 0 fully saturated rings. The van der Waals surface area contributed by atoms with Crippen molar-refractivity contribution < 1.29 is 9.53 Å². The van der Waals surface area contributed by atoms with Crippen LogP contribution in [0.5, 0.6) is 5.75 Å². The summed E-state index contributed by atoms with van der Waals surface area (Å²) in [4.78, 5) is 11.8. The second-order valence-corrected chi connectivity index (χ2v) is 5.30. The van der Waals surface area contributed by atoms with E-state index in [9.17, 15) is 4.79 Å². The molecule has 4 nitrogen and oxygen atoms in total. The smallest absolute Gasteiger partial charge is 0.319 e. The van der Waals surface area contributed by atoms with Gasteiger partial charge in [-0.2, -0.15) is 0 Å². The zero-order chi connectivity index (χ0) is 14.3. The van der Waals surface area contributed by atoms with Crippen LogP contribution in [-0.4, -0.2) is 19.7 Å². The van der Waals surface area contributed by atoms with Crippen molar-refractivity contribution >= 4 is 27.6 Å². The Labute approximate surface area is 123 Å². The maximum absolute atomic E-state index is 11.8. The normalized spacial score (nSPS) is 10.1. The molecule has 2 N–H and O–H groups in total. The Bertz CT molecular complexity index is 436. The first-order chi connectivity index (χ1) is 9.08. The zero-order valence-electron chi connectivity index (χ0n) is 11.7. The Hall–Kier alpha value is -1.23. The topological polar surface area (TPSA) is 50.4 Å². The van der Waals surface area contributed by atoms with Crippen molar-refractivity contribution in [3.63, 3.8) is 0 Å². The molecule has 0 aliphatic rings.